The van der Waals surface area contributed by atoms with Crippen LogP contribution in [0.25, 0.3) is 0 Å². The third-order valence-electron chi connectivity index (χ3n) is 0. The van der Waals surface area contributed by atoms with E-state index in [1.807, 2.05) is 0 Å². The van der Waals surface area contributed by atoms with Gasteiger partial charge in [0.2, 0.25) is 0 Å². The predicted molar refractivity (Wildman–Crippen MR) is 21.9 cm³/mol. The summed E-state index contributed by atoms with van der Waals surface area (Å²) in [6, 6.07) is 0. The van der Waals surface area contributed by atoms with Crippen molar-refractivity contribution in [3.63, 3.8) is 0 Å². The summed E-state index contributed by atoms with van der Waals surface area (Å²) in [5.74, 6) is 0. The van der Waals surface area contributed by atoms with E-state index in [0.29, 0.717) is 0 Å². The van der Waals surface area contributed by atoms with Gasteiger partial charge in [-0.2, -0.15) is 0 Å². The van der Waals surface area contributed by atoms with E-state index >= 15 is 0 Å². The first-order valence-electron chi connectivity index (χ1n) is 1.43. The number of halogens is 4. The molecule has 0 rings (SSSR count). The van der Waals surface area contributed by atoms with E-state index in [-0.39, 0.29) is 9.94 Å². The Kier molecular flexibility index (Phi) is 0.881. The molecular formula is C2H6F4Te. The average Bonchev–Trinajstić information content (AvgIpc) is 0.592. The van der Waals surface area contributed by atoms with Crippen molar-refractivity contribution < 1.29 is 11.6 Å². The normalized spacial score (nSPS) is 23.1. The van der Waals surface area contributed by atoms with Crippen LogP contribution >= 0.6 is 0 Å². The van der Waals surface area contributed by atoms with Crippen molar-refractivity contribution in [2.45, 2.75) is 9.94 Å². The van der Waals surface area contributed by atoms with Crippen molar-refractivity contribution in [1.29, 1.82) is 0 Å². The molecule has 5 heteroatoms. The van der Waals surface area contributed by atoms with Gasteiger partial charge < -0.3 is 0 Å². The summed E-state index contributed by atoms with van der Waals surface area (Å²) in [7, 11) is 0. The van der Waals surface area contributed by atoms with Gasteiger partial charge in [0, 0.05) is 0 Å². The van der Waals surface area contributed by atoms with Crippen molar-refractivity contribution >= 4 is 17.7 Å². The van der Waals surface area contributed by atoms with Gasteiger partial charge >= 0.3 is 39.2 Å². The van der Waals surface area contributed by atoms with E-state index in [0.717, 1.165) is 0 Å². The van der Waals surface area contributed by atoms with Gasteiger partial charge in [-0.25, -0.2) is 0 Å². The Hall–Kier alpha value is 0.510. The molecule has 0 aromatic rings. The van der Waals surface area contributed by atoms with Crippen LogP contribution in [0.3, 0.4) is 0 Å². The fourth-order valence-corrected chi connectivity index (χ4v) is 0. The maximum atomic E-state index is 11.3. The van der Waals surface area contributed by atoms with Crippen LogP contribution in [0, 0.1) is 0 Å². The Labute approximate surface area is 39.8 Å². The first-order chi connectivity index (χ1) is 2.45. The summed E-state index contributed by atoms with van der Waals surface area (Å²) in [4.78, 5) is -0.497. The van der Waals surface area contributed by atoms with E-state index in [4.69, 9.17) is 0 Å². The molecule has 0 atom stereocenters. The predicted octanol–water partition coefficient (Wildman–Crippen LogP) is 2.47. The van der Waals surface area contributed by atoms with Crippen molar-refractivity contribution in [2.24, 2.45) is 0 Å². The Bertz CT molecular complexity index is 68.3. The fourth-order valence-electron chi connectivity index (χ4n) is 0. The first-order valence-corrected chi connectivity index (χ1v) is 9.62. The summed E-state index contributed by atoms with van der Waals surface area (Å²) >= 11 is -8.18. The van der Waals surface area contributed by atoms with Gasteiger partial charge in [0.25, 0.3) is 0 Å². The van der Waals surface area contributed by atoms with Crippen LogP contribution in [0.5, 0.6) is 0 Å². The Morgan fingerprint density at radius 1 is 0.857 bits per heavy atom. The van der Waals surface area contributed by atoms with E-state index in [1.165, 1.54) is 0 Å². The second kappa shape index (κ2) is 0.821. The van der Waals surface area contributed by atoms with Crippen molar-refractivity contribution in [1.82, 2.24) is 0 Å². The van der Waals surface area contributed by atoms with E-state index < -0.39 is 17.7 Å². The van der Waals surface area contributed by atoms with Crippen LogP contribution in [-0.4, -0.2) is 17.7 Å². The number of hydrogen-bond donors (Lipinski definition) is 0. The third kappa shape index (κ3) is 510. The molecule has 0 nitrogen and oxygen atoms in total. The summed E-state index contributed by atoms with van der Waals surface area (Å²) in [6.07, 6.45) is 0. The molecular weight excluding hydrogens is 228 g/mol. The molecule has 0 radical (unpaired) electrons. The molecule has 0 bridgehead atoms. The van der Waals surface area contributed by atoms with Crippen molar-refractivity contribution in [3.05, 3.63) is 0 Å². The summed E-state index contributed by atoms with van der Waals surface area (Å²) in [5, 5.41) is 0. The molecule has 0 fully saturated rings. The monoisotopic (exact) mass is 236 g/mol. The molecule has 48 valence electrons. The molecule has 0 aliphatic rings. The second-order valence-corrected chi connectivity index (χ2v) is 13.4. The van der Waals surface area contributed by atoms with E-state index in [2.05, 4.69) is 0 Å². The average molecular weight is 234 g/mol. The molecule has 0 aliphatic heterocycles. The zero-order valence-corrected chi connectivity index (χ0v) is 6.25. The molecule has 7 heavy (non-hydrogen) atoms. The van der Waals surface area contributed by atoms with Gasteiger partial charge in [-0.05, 0) is 0 Å². The first kappa shape index (κ1) is 7.51. The van der Waals surface area contributed by atoms with Crippen LogP contribution in [0.1, 0.15) is 0 Å². The minimum absolute atomic E-state index is 0.248. The summed E-state index contributed by atoms with van der Waals surface area (Å²) in [5.41, 5.74) is 0. The molecule has 0 spiro atoms. The molecule has 0 aliphatic carbocycles. The van der Waals surface area contributed by atoms with Crippen LogP contribution in [0.2, 0.25) is 9.94 Å². The van der Waals surface area contributed by atoms with Crippen molar-refractivity contribution in [2.75, 3.05) is 0 Å². The molecule has 0 unspecified atom stereocenters. The summed E-state index contributed by atoms with van der Waals surface area (Å²) in [6.45, 7) is 0. The van der Waals surface area contributed by atoms with Gasteiger partial charge in [0.15, 0.2) is 0 Å². The Balaban J connectivity index is 4.43. The maximum absolute atomic E-state index is 11.3. The molecule has 0 N–H and O–H groups in total. The molecule has 0 amide bonds. The van der Waals surface area contributed by atoms with E-state index in [1.54, 1.807) is 0 Å². The van der Waals surface area contributed by atoms with Gasteiger partial charge in [-0.3, -0.25) is 0 Å². The summed E-state index contributed by atoms with van der Waals surface area (Å²) < 4.78 is 45.0. The van der Waals surface area contributed by atoms with Gasteiger partial charge in [-0.1, -0.05) is 0 Å². The minimum atomic E-state index is -8.18. The second-order valence-electron chi connectivity index (χ2n) is 1.99. The standard InChI is InChI=1S/C2H6F4Te/c1-7(2,3,4,5)6/h1-2H3. The SMILES string of the molecule is C[Te](C)(F)(F)(F)F. The van der Waals surface area contributed by atoms with Crippen molar-refractivity contribution in [3.8, 4) is 0 Å². The van der Waals surface area contributed by atoms with Crippen LogP contribution in [-0.2, 0) is 0 Å². The van der Waals surface area contributed by atoms with E-state index in [9.17, 15) is 11.6 Å². The molecule has 0 aromatic heterocycles. The topological polar surface area (TPSA) is 0 Å². The third-order valence-corrected chi connectivity index (χ3v) is 0. The van der Waals surface area contributed by atoms with Gasteiger partial charge in [0.05, 0.1) is 0 Å². The Morgan fingerprint density at radius 2 is 0.857 bits per heavy atom. The fraction of sp³-hybridized carbons (Fsp3) is 1.00. The van der Waals surface area contributed by atoms with Crippen LogP contribution < -0.4 is 0 Å². The van der Waals surface area contributed by atoms with Crippen LogP contribution in [0.15, 0.2) is 0 Å². The number of hydrogen-bond acceptors (Lipinski definition) is 0. The van der Waals surface area contributed by atoms with Gasteiger partial charge in [-0.15, -0.1) is 0 Å². The van der Waals surface area contributed by atoms with Crippen LogP contribution in [0.4, 0.5) is 11.6 Å². The zero-order valence-electron chi connectivity index (χ0n) is 3.92. The molecule has 0 aromatic carbocycles. The van der Waals surface area contributed by atoms with Gasteiger partial charge in [0.1, 0.15) is 0 Å². The molecule has 0 heterocycles. The molecule has 0 saturated carbocycles. The quantitative estimate of drug-likeness (QED) is 0.445. The number of rotatable bonds is 0. The molecule has 0 saturated heterocycles. The zero-order chi connectivity index (χ0) is 6.41. The Morgan fingerprint density at radius 3 is 0.857 bits per heavy atom.